The number of benzene rings is 3. The van der Waals surface area contributed by atoms with Crippen molar-refractivity contribution in [3.63, 3.8) is 0 Å². The van der Waals surface area contributed by atoms with Crippen molar-refractivity contribution < 1.29 is 19.3 Å². The van der Waals surface area contributed by atoms with Crippen LogP contribution < -0.4 is 9.47 Å². The Morgan fingerprint density at radius 1 is 0.825 bits per heavy atom. The molecule has 1 aliphatic rings. The number of ether oxygens (including phenoxy) is 3. The lowest BCUT2D eigenvalue weighted by atomic mass is 9.84. The van der Waals surface area contributed by atoms with Crippen molar-refractivity contribution in [2.45, 2.75) is 113 Å². The Kier molecular flexibility index (Phi) is 15.7. The fourth-order valence-electron chi connectivity index (χ4n) is 4.96. The van der Waals surface area contributed by atoms with Crippen molar-refractivity contribution in [2.75, 3.05) is 6.61 Å². The molecule has 3 aromatic rings. The van der Waals surface area contributed by atoms with E-state index in [1.165, 1.54) is 11.1 Å². The maximum absolute atomic E-state index is 9.57. The number of phenolic OH excluding ortho intramolecular Hbond substituents is 1. The molecule has 0 aliphatic carbocycles. The molecule has 0 amide bonds. The molecule has 1 fully saturated rings. The molecular weight excluding hydrogens is 496 g/mol. The third-order valence-corrected chi connectivity index (χ3v) is 7.27. The quantitative estimate of drug-likeness (QED) is 0.272. The Labute approximate surface area is 245 Å². The molecule has 224 valence electrons. The smallest absolute Gasteiger partial charge is 0.199 e. The molecule has 1 heterocycles. The van der Waals surface area contributed by atoms with Crippen LogP contribution in [-0.4, -0.2) is 18.0 Å². The third kappa shape index (κ3) is 9.89. The number of hydrogen-bond donors (Lipinski definition) is 1. The number of rotatable bonds is 10. The van der Waals surface area contributed by atoms with Gasteiger partial charge in [0.05, 0.1) is 6.61 Å². The number of phenols is 1. The first kappa shape index (κ1) is 37.0. The van der Waals surface area contributed by atoms with E-state index in [0.29, 0.717) is 17.6 Å². The van der Waals surface area contributed by atoms with Gasteiger partial charge in [-0.05, 0) is 104 Å². The van der Waals surface area contributed by atoms with Gasteiger partial charge in [0.2, 0.25) is 0 Å². The zero-order chi connectivity index (χ0) is 25.5. The SMILES string of the molecule is C.C.C.C.CCC(CC(C)c1ccc(O)cc1)c1ccc(OC(C)(C)c2ccc(OC3CCCCO3)cc2)cc1. The van der Waals surface area contributed by atoms with E-state index in [9.17, 15) is 5.11 Å². The van der Waals surface area contributed by atoms with Crippen LogP contribution in [0.15, 0.2) is 72.8 Å². The van der Waals surface area contributed by atoms with Gasteiger partial charge in [-0.15, -0.1) is 0 Å². The van der Waals surface area contributed by atoms with Crippen molar-refractivity contribution in [2.24, 2.45) is 0 Å². The molecule has 1 N–H and O–H groups in total. The van der Waals surface area contributed by atoms with Crippen LogP contribution in [0.3, 0.4) is 0 Å². The molecule has 40 heavy (non-hydrogen) atoms. The van der Waals surface area contributed by atoms with Gasteiger partial charge in [0.1, 0.15) is 22.8 Å². The molecule has 4 heteroatoms. The van der Waals surface area contributed by atoms with Crippen molar-refractivity contribution in [3.8, 4) is 17.2 Å². The molecule has 1 aliphatic heterocycles. The highest BCUT2D eigenvalue weighted by molar-refractivity contribution is 5.34. The molecule has 4 rings (SSSR count). The Morgan fingerprint density at radius 3 is 1.95 bits per heavy atom. The largest absolute Gasteiger partial charge is 0.508 e. The molecule has 3 unspecified atom stereocenters. The minimum atomic E-state index is -0.473. The van der Waals surface area contributed by atoms with E-state index in [1.807, 2.05) is 24.3 Å². The molecule has 0 aromatic heterocycles. The topological polar surface area (TPSA) is 47.9 Å². The lowest BCUT2D eigenvalue weighted by molar-refractivity contribution is -0.105. The van der Waals surface area contributed by atoms with Crippen LogP contribution >= 0.6 is 0 Å². The average molecular weight is 553 g/mol. The van der Waals surface area contributed by atoms with Crippen LogP contribution in [-0.2, 0) is 10.3 Å². The van der Waals surface area contributed by atoms with E-state index in [4.69, 9.17) is 14.2 Å². The van der Waals surface area contributed by atoms with Gasteiger partial charge in [0.15, 0.2) is 6.29 Å². The number of hydrogen-bond acceptors (Lipinski definition) is 4. The van der Waals surface area contributed by atoms with Crippen LogP contribution in [0.2, 0.25) is 0 Å². The summed E-state index contributed by atoms with van der Waals surface area (Å²) in [4.78, 5) is 0. The predicted octanol–water partition coefficient (Wildman–Crippen LogP) is 10.8. The monoisotopic (exact) mass is 552 g/mol. The molecule has 0 bridgehead atoms. The first-order chi connectivity index (χ1) is 17.3. The summed E-state index contributed by atoms with van der Waals surface area (Å²) in [6, 6.07) is 24.3. The first-order valence-corrected chi connectivity index (χ1v) is 13.3. The zero-order valence-electron chi connectivity index (χ0n) is 22.1. The molecule has 0 saturated carbocycles. The summed E-state index contributed by atoms with van der Waals surface area (Å²) in [5, 5.41) is 9.57. The van der Waals surface area contributed by atoms with Crippen LogP contribution in [0.1, 0.15) is 118 Å². The van der Waals surface area contributed by atoms with Gasteiger partial charge in [-0.3, -0.25) is 0 Å². The minimum absolute atomic E-state index is 0. The molecule has 3 atom stereocenters. The number of aromatic hydroxyl groups is 1. The van der Waals surface area contributed by atoms with E-state index in [2.05, 4.69) is 64.1 Å². The molecule has 0 spiro atoms. The van der Waals surface area contributed by atoms with Crippen molar-refractivity contribution in [3.05, 3.63) is 89.5 Å². The van der Waals surface area contributed by atoms with E-state index >= 15 is 0 Å². The predicted molar refractivity (Wildman–Crippen MR) is 172 cm³/mol. The Balaban J connectivity index is 0.00000380. The van der Waals surface area contributed by atoms with Gasteiger partial charge >= 0.3 is 0 Å². The van der Waals surface area contributed by atoms with Gasteiger partial charge in [-0.1, -0.05) is 80.0 Å². The summed E-state index contributed by atoms with van der Waals surface area (Å²) >= 11 is 0. The summed E-state index contributed by atoms with van der Waals surface area (Å²) in [5.74, 6) is 2.90. The van der Waals surface area contributed by atoms with Gasteiger partial charge in [-0.2, -0.15) is 0 Å². The van der Waals surface area contributed by atoms with E-state index in [0.717, 1.165) is 55.8 Å². The standard InChI is InChI=1S/C32H40O4.4CH4/c1-5-24(22-23(2)25-9-15-28(33)16-10-25)26-11-17-30(18-12-26)36-32(3,4)27-13-19-29(20-14-27)35-31-8-6-7-21-34-31;;;;/h9-20,23-24,31,33H,5-8,21-22H2,1-4H3;4*1H4. The van der Waals surface area contributed by atoms with E-state index < -0.39 is 5.60 Å². The third-order valence-electron chi connectivity index (χ3n) is 7.27. The van der Waals surface area contributed by atoms with Gasteiger partial charge in [0, 0.05) is 6.42 Å². The summed E-state index contributed by atoms with van der Waals surface area (Å²) < 4.78 is 18.1. The highest BCUT2D eigenvalue weighted by Crippen LogP contribution is 2.35. The van der Waals surface area contributed by atoms with Crippen molar-refractivity contribution >= 4 is 0 Å². The highest BCUT2D eigenvalue weighted by atomic mass is 16.7. The van der Waals surface area contributed by atoms with Crippen molar-refractivity contribution in [1.82, 2.24) is 0 Å². The fourth-order valence-corrected chi connectivity index (χ4v) is 4.96. The maximum Gasteiger partial charge on any atom is 0.199 e. The molecule has 3 aromatic carbocycles. The van der Waals surface area contributed by atoms with Crippen LogP contribution in [0.5, 0.6) is 17.2 Å². The normalized spacial score (nSPS) is 16.1. The second kappa shape index (κ2) is 17.0. The van der Waals surface area contributed by atoms with Crippen LogP contribution in [0.4, 0.5) is 0 Å². The summed E-state index contributed by atoms with van der Waals surface area (Å²) in [7, 11) is 0. The first-order valence-electron chi connectivity index (χ1n) is 13.3. The van der Waals surface area contributed by atoms with Crippen LogP contribution in [0, 0.1) is 0 Å². The van der Waals surface area contributed by atoms with Gasteiger partial charge in [-0.25, -0.2) is 0 Å². The second-order valence-electron chi connectivity index (χ2n) is 10.5. The summed E-state index contributed by atoms with van der Waals surface area (Å²) in [6.45, 7) is 9.46. The maximum atomic E-state index is 9.57. The fraction of sp³-hybridized carbons (Fsp3) is 0.500. The highest BCUT2D eigenvalue weighted by Gasteiger charge is 2.24. The minimum Gasteiger partial charge on any atom is -0.508 e. The molecule has 4 nitrogen and oxygen atoms in total. The van der Waals surface area contributed by atoms with Gasteiger partial charge < -0.3 is 19.3 Å². The Morgan fingerprint density at radius 2 is 1.40 bits per heavy atom. The second-order valence-corrected chi connectivity index (χ2v) is 10.5. The molecule has 0 radical (unpaired) electrons. The summed E-state index contributed by atoms with van der Waals surface area (Å²) in [6.07, 6.45) is 5.22. The summed E-state index contributed by atoms with van der Waals surface area (Å²) in [5.41, 5.74) is 3.21. The zero-order valence-corrected chi connectivity index (χ0v) is 22.1. The van der Waals surface area contributed by atoms with Crippen molar-refractivity contribution in [1.29, 1.82) is 0 Å². The Hall–Kier alpha value is -2.98. The lowest BCUT2D eigenvalue weighted by Crippen LogP contribution is -2.26. The molecule has 1 saturated heterocycles. The lowest BCUT2D eigenvalue weighted by Gasteiger charge is -2.28. The van der Waals surface area contributed by atoms with E-state index in [-0.39, 0.29) is 36.0 Å². The van der Waals surface area contributed by atoms with Crippen LogP contribution in [0.25, 0.3) is 0 Å². The van der Waals surface area contributed by atoms with E-state index in [1.54, 1.807) is 12.1 Å². The van der Waals surface area contributed by atoms with Gasteiger partial charge in [0.25, 0.3) is 0 Å². The Bertz CT molecular complexity index is 1070. The average Bonchev–Trinajstić information content (AvgIpc) is 2.89. The molecular formula is C36H56O4.